The summed E-state index contributed by atoms with van der Waals surface area (Å²) in [6.45, 7) is 1.76. The smallest absolute Gasteiger partial charge is 0.335 e. The number of aryl methyl sites for hydroxylation is 1. The average molecular weight is 256 g/mol. The number of hydrogen-bond acceptors (Lipinski definition) is 3. The van der Waals surface area contributed by atoms with Crippen LogP contribution in [0.25, 0.3) is 6.08 Å². The summed E-state index contributed by atoms with van der Waals surface area (Å²) in [5, 5.41) is 8.92. The molecule has 2 aromatic rings. The van der Waals surface area contributed by atoms with Crippen molar-refractivity contribution in [2.24, 2.45) is 0 Å². The third kappa shape index (κ3) is 2.98. The molecule has 0 bridgehead atoms. The number of benzene rings is 1. The van der Waals surface area contributed by atoms with Crippen LogP contribution in [0, 0.1) is 6.92 Å². The van der Waals surface area contributed by atoms with Crippen LogP contribution in [-0.2, 0) is 0 Å². The molecular formula is C15H12O4. The number of allylic oxidation sites excluding steroid dienone is 1. The summed E-state index contributed by atoms with van der Waals surface area (Å²) < 4.78 is 5.08. The van der Waals surface area contributed by atoms with Gasteiger partial charge in [0.25, 0.3) is 0 Å². The predicted molar refractivity (Wildman–Crippen MR) is 70.2 cm³/mol. The molecule has 19 heavy (non-hydrogen) atoms. The lowest BCUT2D eigenvalue weighted by Gasteiger charge is -2.03. The quantitative estimate of drug-likeness (QED) is 0.673. The highest BCUT2D eigenvalue weighted by molar-refractivity contribution is 6.08. The maximum atomic E-state index is 12.0. The lowest BCUT2D eigenvalue weighted by Crippen LogP contribution is -2.03. The van der Waals surface area contributed by atoms with Crippen molar-refractivity contribution in [2.75, 3.05) is 0 Å². The van der Waals surface area contributed by atoms with E-state index in [1.165, 1.54) is 24.5 Å². The van der Waals surface area contributed by atoms with Gasteiger partial charge in [-0.15, -0.1) is 0 Å². The van der Waals surface area contributed by atoms with Crippen LogP contribution < -0.4 is 0 Å². The second-order valence-electron chi connectivity index (χ2n) is 4.05. The van der Waals surface area contributed by atoms with Crippen LogP contribution in [0.3, 0.4) is 0 Å². The Kier molecular flexibility index (Phi) is 3.61. The summed E-state index contributed by atoms with van der Waals surface area (Å²) in [5.41, 5.74) is 1.21. The summed E-state index contributed by atoms with van der Waals surface area (Å²) in [6.07, 6.45) is 4.43. The number of carboxylic acids is 1. The molecule has 0 unspecified atom stereocenters. The summed E-state index contributed by atoms with van der Waals surface area (Å²) in [7, 11) is 0. The van der Waals surface area contributed by atoms with E-state index in [9.17, 15) is 9.59 Å². The van der Waals surface area contributed by atoms with E-state index < -0.39 is 5.97 Å². The molecule has 4 heteroatoms. The summed E-state index contributed by atoms with van der Waals surface area (Å²) >= 11 is 0. The maximum absolute atomic E-state index is 12.0. The largest absolute Gasteiger partial charge is 0.478 e. The molecule has 0 fully saturated rings. The van der Waals surface area contributed by atoms with Crippen molar-refractivity contribution in [1.82, 2.24) is 0 Å². The Morgan fingerprint density at radius 2 is 2.05 bits per heavy atom. The van der Waals surface area contributed by atoms with Crippen molar-refractivity contribution in [3.05, 3.63) is 65.1 Å². The van der Waals surface area contributed by atoms with Gasteiger partial charge in [-0.1, -0.05) is 6.07 Å². The van der Waals surface area contributed by atoms with E-state index in [1.54, 1.807) is 31.2 Å². The van der Waals surface area contributed by atoms with E-state index in [2.05, 4.69) is 0 Å². The molecule has 0 aliphatic carbocycles. The van der Waals surface area contributed by atoms with E-state index >= 15 is 0 Å². The minimum atomic E-state index is -1.05. The van der Waals surface area contributed by atoms with Crippen LogP contribution in [0.4, 0.5) is 0 Å². The number of rotatable bonds is 4. The standard InChI is InChI=1S/C15H12O4/c1-10-4-5-11(15(17)18)9-13(10)14(16)7-6-12-3-2-8-19-12/h2-9H,1H3,(H,17,18)/b7-6+. The minimum Gasteiger partial charge on any atom is -0.478 e. The fourth-order valence-electron chi connectivity index (χ4n) is 1.65. The lowest BCUT2D eigenvalue weighted by atomic mass is 10.0. The molecule has 1 aromatic carbocycles. The highest BCUT2D eigenvalue weighted by Crippen LogP contribution is 2.14. The fraction of sp³-hybridized carbons (Fsp3) is 0.0667. The Morgan fingerprint density at radius 1 is 1.26 bits per heavy atom. The molecule has 0 aliphatic heterocycles. The third-order valence-corrected chi connectivity index (χ3v) is 2.69. The van der Waals surface area contributed by atoms with Gasteiger partial charge in [0.2, 0.25) is 0 Å². The van der Waals surface area contributed by atoms with Crippen LogP contribution in [0.15, 0.2) is 47.1 Å². The third-order valence-electron chi connectivity index (χ3n) is 2.69. The van der Waals surface area contributed by atoms with Crippen molar-refractivity contribution < 1.29 is 19.1 Å². The molecule has 4 nitrogen and oxygen atoms in total. The second-order valence-corrected chi connectivity index (χ2v) is 4.05. The summed E-state index contributed by atoms with van der Waals surface area (Å²) in [6, 6.07) is 7.93. The van der Waals surface area contributed by atoms with Gasteiger partial charge in [-0.3, -0.25) is 4.79 Å². The van der Waals surface area contributed by atoms with Gasteiger partial charge in [0.15, 0.2) is 5.78 Å². The van der Waals surface area contributed by atoms with Crippen molar-refractivity contribution in [1.29, 1.82) is 0 Å². The molecule has 0 atom stereocenters. The molecule has 1 heterocycles. The molecule has 0 spiro atoms. The van der Waals surface area contributed by atoms with Crippen LogP contribution >= 0.6 is 0 Å². The van der Waals surface area contributed by atoms with Gasteiger partial charge in [0, 0.05) is 5.56 Å². The average Bonchev–Trinajstić information content (AvgIpc) is 2.89. The summed E-state index contributed by atoms with van der Waals surface area (Å²) in [5.74, 6) is -0.735. The Balaban J connectivity index is 2.28. The number of carboxylic acid groups (broad SMARTS) is 1. The molecule has 0 saturated carbocycles. The Hall–Kier alpha value is -2.62. The topological polar surface area (TPSA) is 67.5 Å². The Labute approximate surface area is 110 Å². The number of carbonyl (C=O) groups is 2. The van der Waals surface area contributed by atoms with Crippen LogP contribution in [0.1, 0.15) is 32.0 Å². The first kappa shape index (κ1) is 12.8. The van der Waals surface area contributed by atoms with Crippen molar-refractivity contribution in [3.8, 4) is 0 Å². The van der Waals surface area contributed by atoms with Crippen molar-refractivity contribution in [3.63, 3.8) is 0 Å². The first-order chi connectivity index (χ1) is 9.08. The monoisotopic (exact) mass is 256 g/mol. The first-order valence-electron chi connectivity index (χ1n) is 5.68. The molecule has 0 amide bonds. The number of hydrogen-bond donors (Lipinski definition) is 1. The minimum absolute atomic E-state index is 0.0975. The van der Waals surface area contributed by atoms with Gasteiger partial charge in [0.1, 0.15) is 5.76 Å². The van der Waals surface area contributed by atoms with E-state index in [1.807, 2.05) is 0 Å². The number of furan rings is 1. The van der Waals surface area contributed by atoms with Gasteiger partial charge >= 0.3 is 5.97 Å². The Bertz CT molecular complexity index is 636. The molecule has 2 rings (SSSR count). The van der Waals surface area contributed by atoms with Gasteiger partial charge in [0.05, 0.1) is 11.8 Å². The first-order valence-corrected chi connectivity index (χ1v) is 5.68. The highest BCUT2D eigenvalue weighted by atomic mass is 16.4. The van der Waals surface area contributed by atoms with Crippen molar-refractivity contribution in [2.45, 2.75) is 6.92 Å². The van der Waals surface area contributed by atoms with Crippen LogP contribution in [0.5, 0.6) is 0 Å². The molecule has 0 radical (unpaired) electrons. The normalized spacial score (nSPS) is 10.8. The van der Waals surface area contributed by atoms with Gasteiger partial charge in [-0.25, -0.2) is 4.79 Å². The predicted octanol–water partition coefficient (Wildman–Crippen LogP) is 3.18. The van der Waals surface area contributed by atoms with E-state index in [4.69, 9.17) is 9.52 Å². The van der Waals surface area contributed by atoms with Gasteiger partial charge in [-0.2, -0.15) is 0 Å². The van der Waals surface area contributed by atoms with Crippen LogP contribution in [0.2, 0.25) is 0 Å². The summed E-state index contributed by atoms with van der Waals surface area (Å²) in [4.78, 5) is 22.9. The van der Waals surface area contributed by atoms with E-state index in [0.717, 1.165) is 5.56 Å². The second kappa shape index (κ2) is 5.35. The van der Waals surface area contributed by atoms with E-state index in [-0.39, 0.29) is 11.3 Å². The van der Waals surface area contributed by atoms with Crippen molar-refractivity contribution >= 4 is 17.8 Å². The number of aromatic carboxylic acids is 1. The maximum Gasteiger partial charge on any atom is 0.335 e. The zero-order valence-electron chi connectivity index (χ0n) is 10.3. The zero-order chi connectivity index (χ0) is 13.8. The molecule has 1 aromatic heterocycles. The molecule has 1 N–H and O–H groups in total. The van der Waals surface area contributed by atoms with Gasteiger partial charge in [-0.05, 0) is 48.9 Å². The number of ketones is 1. The zero-order valence-corrected chi connectivity index (χ0v) is 10.3. The molecule has 0 aliphatic rings. The SMILES string of the molecule is Cc1ccc(C(=O)O)cc1C(=O)/C=C/c1ccco1. The van der Waals surface area contributed by atoms with E-state index in [0.29, 0.717) is 11.3 Å². The van der Waals surface area contributed by atoms with Crippen LogP contribution in [-0.4, -0.2) is 16.9 Å². The van der Waals surface area contributed by atoms with Gasteiger partial charge < -0.3 is 9.52 Å². The molecule has 0 saturated heterocycles. The molecule has 96 valence electrons. The molecular weight excluding hydrogens is 244 g/mol. The highest BCUT2D eigenvalue weighted by Gasteiger charge is 2.10. The Morgan fingerprint density at radius 3 is 2.68 bits per heavy atom. The number of carbonyl (C=O) groups excluding carboxylic acids is 1. The lowest BCUT2D eigenvalue weighted by molar-refractivity contribution is 0.0697. The fourth-order valence-corrected chi connectivity index (χ4v) is 1.65.